The van der Waals surface area contributed by atoms with E-state index in [1.807, 2.05) is 0 Å². The van der Waals surface area contributed by atoms with Crippen LogP contribution in [0.5, 0.6) is 0 Å². The molecule has 282 valence electrons. The standard InChI is InChI=1S/C32H22N12O8S4/c33-53(45,46)13-1-5-17-21(9-13)29-37-25(17)41-30-22-10-14(54(34,47)48)2-6-18(22)27(38-30)43-32-24-12-16(56(36,51)52)4-8-20(24)28(40-32)44-31-23-11-15(55(35,49)50)3-7-19(23)26(39-31)42-29/h1-12H,(H2,33,45,46)(H2,34,47,48)(H2,35,49,50)(H2,36,51,52)(H2,37,38,39,40,41,42,43,44). The molecule has 0 amide bonds. The Kier molecular flexibility index (Phi) is 7.43. The highest BCUT2D eigenvalue weighted by molar-refractivity contribution is 7.90. The van der Waals surface area contributed by atoms with Crippen molar-refractivity contribution in [1.82, 2.24) is 39.9 Å². The molecule has 10 N–H and O–H groups in total. The Balaban J connectivity index is 1.50. The Morgan fingerprint density at radius 1 is 0.339 bits per heavy atom. The molecule has 3 aromatic heterocycles. The summed E-state index contributed by atoms with van der Waals surface area (Å²) in [6, 6.07) is 15.9. The monoisotopic (exact) mass is 830 g/mol. The maximum absolute atomic E-state index is 12.4. The highest BCUT2D eigenvalue weighted by Gasteiger charge is 2.26. The number of sulfonamides is 4. The topological polar surface area (TPSA) is 350 Å². The van der Waals surface area contributed by atoms with E-state index >= 15 is 0 Å². The number of hydrogen-bond acceptors (Lipinski definition) is 14. The Morgan fingerprint density at radius 2 is 0.625 bits per heavy atom. The quantitative estimate of drug-likeness (QED) is 0.146. The lowest BCUT2D eigenvalue weighted by molar-refractivity contribution is 0.596. The summed E-state index contributed by atoms with van der Waals surface area (Å²) in [6.07, 6.45) is 0. The maximum Gasteiger partial charge on any atom is 0.238 e. The smallest absolute Gasteiger partial charge is 0.238 e. The van der Waals surface area contributed by atoms with E-state index in [1.165, 1.54) is 72.8 Å². The lowest BCUT2D eigenvalue weighted by atomic mass is 10.1. The molecular formula is C32H22N12O8S4. The molecular weight excluding hydrogens is 809 g/mol. The largest absolute Gasteiger partial charge is 0.324 e. The van der Waals surface area contributed by atoms with Gasteiger partial charge in [0.1, 0.15) is 22.6 Å². The van der Waals surface area contributed by atoms with Gasteiger partial charge in [-0.05, 0) is 72.8 Å². The van der Waals surface area contributed by atoms with E-state index in [1.54, 1.807) is 0 Å². The van der Waals surface area contributed by atoms with Crippen LogP contribution in [0, 0.1) is 0 Å². The molecule has 0 atom stereocenters. The van der Waals surface area contributed by atoms with Gasteiger partial charge in [0.05, 0.1) is 19.6 Å². The molecule has 0 spiro atoms. The third kappa shape index (κ3) is 5.87. The van der Waals surface area contributed by atoms with Crippen molar-refractivity contribution in [2.24, 2.45) is 20.6 Å². The van der Waals surface area contributed by atoms with Crippen LogP contribution in [0.4, 0.5) is 0 Å². The number of nitrogens with two attached hydrogens (primary N) is 4. The van der Waals surface area contributed by atoms with Crippen molar-refractivity contribution >= 4 is 84.2 Å². The van der Waals surface area contributed by atoms with Crippen LogP contribution >= 0.6 is 0 Å². The van der Waals surface area contributed by atoms with E-state index in [-0.39, 0.29) is 87.4 Å². The Labute approximate surface area is 314 Å². The highest BCUT2D eigenvalue weighted by atomic mass is 32.2. The summed E-state index contributed by atoms with van der Waals surface area (Å²) in [7, 11) is -16.8. The molecule has 2 aliphatic heterocycles. The highest BCUT2D eigenvalue weighted by Crippen LogP contribution is 2.39. The van der Waals surface area contributed by atoms with E-state index in [9.17, 15) is 33.7 Å². The summed E-state index contributed by atoms with van der Waals surface area (Å²) in [5.74, 6) is -0.0573. The third-order valence-electron chi connectivity index (χ3n) is 9.03. The minimum Gasteiger partial charge on any atom is -0.324 e. The average Bonchev–Trinajstić information content (AvgIpc) is 3.84. The van der Waals surface area contributed by atoms with Crippen molar-refractivity contribution < 1.29 is 33.7 Å². The van der Waals surface area contributed by atoms with Gasteiger partial charge in [-0.1, -0.05) is 0 Å². The summed E-state index contributed by atoms with van der Waals surface area (Å²) in [5.41, 5.74) is 1.31. The van der Waals surface area contributed by atoms with E-state index in [0.29, 0.717) is 21.9 Å². The van der Waals surface area contributed by atoms with E-state index < -0.39 is 40.1 Å². The van der Waals surface area contributed by atoms with Gasteiger partial charge >= 0.3 is 0 Å². The number of aromatic amines is 2. The molecule has 0 aliphatic carbocycles. The fraction of sp³-hybridized carbons (Fsp3) is 0. The number of nitrogens with zero attached hydrogens (tertiary/aromatic N) is 6. The lowest BCUT2D eigenvalue weighted by Gasteiger charge is -2.02. The SMILES string of the molecule is NS(=O)(=O)c1ccc2c(c1)-c1nc-2nc2[nH]c(nc3nc(nc4[nH]c(n1)c1ccc(S(N)(=O)=O)cc41)-c1ccc(S(N)(=O)=O)cc1-3)c1ccc(S(N)(=O)=O)cc21. The van der Waals surface area contributed by atoms with Crippen molar-refractivity contribution in [3.8, 4) is 45.6 Å². The summed E-state index contributed by atoms with van der Waals surface area (Å²) in [5, 5.41) is 23.0. The average molecular weight is 831 g/mol. The van der Waals surface area contributed by atoms with Crippen LogP contribution in [0.25, 0.3) is 89.7 Å². The molecule has 9 rings (SSSR count). The molecule has 2 aliphatic rings. The van der Waals surface area contributed by atoms with Crippen molar-refractivity contribution in [3.05, 3.63) is 72.8 Å². The van der Waals surface area contributed by atoms with E-state index in [0.717, 1.165) is 0 Å². The molecule has 5 heterocycles. The number of fused-ring (bicyclic) bond motifs is 20. The van der Waals surface area contributed by atoms with Crippen molar-refractivity contribution in [2.45, 2.75) is 19.6 Å². The number of rotatable bonds is 4. The van der Waals surface area contributed by atoms with Crippen LogP contribution < -0.4 is 20.6 Å². The molecule has 24 heteroatoms. The lowest BCUT2D eigenvalue weighted by Crippen LogP contribution is -2.12. The van der Waals surface area contributed by atoms with Gasteiger partial charge in [-0.3, -0.25) is 0 Å². The van der Waals surface area contributed by atoms with Crippen LogP contribution in [0.15, 0.2) is 92.4 Å². The molecule has 0 saturated heterocycles. The summed E-state index contributed by atoms with van der Waals surface area (Å²) < 4.78 is 99.4. The molecule has 7 aromatic rings. The van der Waals surface area contributed by atoms with Crippen molar-refractivity contribution in [1.29, 1.82) is 0 Å². The molecule has 20 nitrogen and oxygen atoms in total. The number of benzene rings is 4. The number of aromatic nitrogens is 8. The van der Waals surface area contributed by atoms with Gasteiger partial charge in [-0.25, -0.2) is 84.1 Å². The first kappa shape index (κ1) is 35.6. The molecule has 0 unspecified atom stereocenters. The first-order valence-electron chi connectivity index (χ1n) is 15.7. The van der Waals surface area contributed by atoms with Crippen molar-refractivity contribution in [3.63, 3.8) is 0 Å². The second kappa shape index (κ2) is 11.7. The number of nitrogens with one attached hydrogen (secondary N) is 2. The van der Waals surface area contributed by atoms with Crippen LogP contribution in [0.1, 0.15) is 0 Å². The zero-order chi connectivity index (χ0) is 39.7. The number of H-pyrrole nitrogens is 2. The van der Waals surface area contributed by atoms with Gasteiger partial charge < -0.3 is 9.97 Å². The maximum atomic E-state index is 12.4. The zero-order valence-corrected chi connectivity index (χ0v) is 31.1. The summed E-state index contributed by atoms with van der Waals surface area (Å²) in [4.78, 5) is 33.3. The van der Waals surface area contributed by atoms with Crippen LogP contribution in [-0.4, -0.2) is 73.5 Å². The fourth-order valence-corrected chi connectivity index (χ4v) is 8.58. The van der Waals surface area contributed by atoms with E-state index in [2.05, 4.69) is 19.9 Å². The molecule has 56 heavy (non-hydrogen) atoms. The normalized spacial score (nSPS) is 13.2. The predicted molar refractivity (Wildman–Crippen MR) is 202 cm³/mol. The molecule has 8 bridgehead atoms. The predicted octanol–water partition coefficient (Wildman–Crippen LogP) is 1.46. The van der Waals surface area contributed by atoms with Gasteiger partial charge in [0.2, 0.25) is 40.1 Å². The summed E-state index contributed by atoms with van der Waals surface area (Å²) in [6.45, 7) is 0. The van der Waals surface area contributed by atoms with E-state index in [4.69, 9.17) is 40.5 Å². The Hall–Kier alpha value is -6.12. The van der Waals surface area contributed by atoms with Crippen LogP contribution in [-0.2, 0) is 40.1 Å². The van der Waals surface area contributed by atoms with Gasteiger partial charge in [-0.2, -0.15) is 0 Å². The number of hydrogen-bond donors (Lipinski definition) is 6. The molecule has 0 radical (unpaired) electrons. The van der Waals surface area contributed by atoms with Gasteiger partial charge in [0.25, 0.3) is 0 Å². The van der Waals surface area contributed by atoms with Gasteiger partial charge in [0.15, 0.2) is 23.3 Å². The minimum absolute atomic E-state index is 0.0109. The third-order valence-corrected chi connectivity index (χ3v) is 12.7. The minimum atomic E-state index is -4.21. The molecule has 0 saturated carbocycles. The number of primary sulfonamides is 4. The zero-order valence-electron chi connectivity index (χ0n) is 27.8. The van der Waals surface area contributed by atoms with Crippen LogP contribution in [0.2, 0.25) is 0 Å². The molecule has 4 aromatic carbocycles. The van der Waals surface area contributed by atoms with Crippen molar-refractivity contribution in [2.75, 3.05) is 0 Å². The van der Waals surface area contributed by atoms with Gasteiger partial charge in [-0.15, -0.1) is 0 Å². The fourth-order valence-electron chi connectivity index (χ4n) is 6.42. The second-order valence-corrected chi connectivity index (χ2v) is 18.9. The first-order chi connectivity index (χ1) is 26.2. The van der Waals surface area contributed by atoms with Gasteiger partial charge in [0, 0.05) is 43.8 Å². The molecule has 0 fully saturated rings. The second-order valence-electron chi connectivity index (χ2n) is 12.6. The Morgan fingerprint density at radius 3 is 0.964 bits per heavy atom. The summed E-state index contributed by atoms with van der Waals surface area (Å²) >= 11 is 0. The first-order valence-corrected chi connectivity index (χ1v) is 21.9. The Bertz CT molecular complexity index is 3370. The van der Waals surface area contributed by atoms with Crippen LogP contribution in [0.3, 0.4) is 0 Å².